The molecule has 0 aromatic heterocycles. The number of carboxylic acid groups (broad SMARTS) is 1. The van der Waals surface area contributed by atoms with Crippen molar-refractivity contribution in [1.29, 1.82) is 0 Å². The fourth-order valence-corrected chi connectivity index (χ4v) is 0.863. The highest BCUT2D eigenvalue weighted by atomic mass is 16.5. The van der Waals surface area contributed by atoms with Crippen LogP contribution in [0.1, 0.15) is 6.42 Å². The highest BCUT2D eigenvalue weighted by Crippen LogP contribution is 2.19. The van der Waals surface area contributed by atoms with Gasteiger partial charge in [0.15, 0.2) is 5.79 Å². The van der Waals surface area contributed by atoms with Gasteiger partial charge in [0.25, 0.3) is 0 Å². The number of carboxylic acids is 1. The van der Waals surface area contributed by atoms with Crippen molar-refractivity contribution in [3.8, 4) is 0 Å². The van der Waals surface area contributed by atoms with Crippen molar-refractivity contribution in [2.24, 2.45) is 0 Å². The number of hydrogen-bond acceptors (Lipinski definition) is 3. The first-order valence-corrected chi connectivity index (χ1v) is 3.08. The van der Waals surface area contributed by atoms with E-state index in [4.69, 9.17) is 15.3 Å². The van der Waals surface area contributed by atoms with Crippen molar-refractivity contribution in [1.82, 2.24) is 0 Å². The van der Waals surface area contributed by atoms with E-state index in [1.54, 1.807) is 0 Å². The van der Waals surface area contributed by atoms with Crippen molar-refractivity contribution in [3.05, 3.63) is 23.8 Å². The van der Waals surface area contributed by atoms with Gasteiger partial charge >= 0.3 is 5.97 Å². The summed E-state index contributed by atoms with van der Waals surface area (Å²) in [5.74, 6) is -3.12. The Balaban J connectivity index is 2.81. The molecule has 0 saturated heterocycles. The Morgan fingerprint density at radius 1 is 1.55 bits per heavy atom. The van der Waals surface area contributed by atoms with Crippen LogP contribution in [0.15, 0.2) is 23.8 Å². The molecule has 60 valence electrons. The second kappa shape index (κ2) is 2.48. The van der Waals surface area contributed by atoms with Gasteiger partial charge in [-0.05, 0) is 6.08 Å². The summed E-state index contributed by atoms with van der Waals surface area (Å²) >= 11 is 0. The SMILES string of the molecule is O=C(O)C1=CC=CC(O)(O)C1. The lowest BCUT2D eigenvalue weighted by Gasteiger charge is -2.19. The van der Waals surface area contributed by atoms with Gasteiger partial charge < -0.3 is 15.3 Å². The van der Waals surface area contributed by atoms with Gasteiger partial charge in [-0.1, -0.05) is 12.2 Å². The number of aliphatic hydroxyl groups is 2. The Labute approximate surface area is 63.1 Å². The van der Waals surface area contributed by atoms with Crippen LogP contribution in [-0.2, 0) is 4.79 Å². The van der Waals surface area contributed by atoms with Crippen LogP contribution < -0.4 is 0 Å². The maximum atomic E-state index is 10.3. The van der Waals surface area contributed by atoms with Gasteiger partial charge in [0.2, 0.25) is 0 Å². The van der Waals surface area contributed by atoms with Crippen LogP contribution in [-0.4, -0.2) is 27.1 Å². The Kier molecular flexibility index (Phi) is 1.80. The summed E-state index contributed by atoms with van der Waals surface area (Å²) in [6, 6.07) is 0. The lowest BCUT2D eigenvalue weighted by molar-refractivity contribution is -0.139. The minimum Gasteiger partial charge on any atom is -0.478 e. The Hall–Kier alpha value is -1.13. The zero-order valence-electron chi connectivity index (χ0n) is 5.69. The molecule has 4 nitrogen and oxygen atoms in total. The lowest BCUT2D eigenvalue weighted by atomic mass is 10.0. The second-order valence-corrected chi connectivity index (χ2v) is 2.41. The molecule has 0 atom stereocenters. The van der Waals surface area contributed by atoms with E-state index in [0.29, 0.717) is 0 Å². The average Bonchev–Trinajstić information content (AvgIpc) is 1.85. The second-order valence-electron chi connectivity index (χ2n) is 2.41. The van der Waals surface area contributed by atoms with Crippen LogP contribution in [0.3, 0.4) is 0 Å². The zero-order chi connectivity index (χ0) is 8.48. The Morgan fingerprint density at radius 2 is 2.18 bits per heavy atom. The maximum Gasteiger partial charge on any atom is 0.331 e. The van der Waals surface area contributed by atoms with Crippen LogP contribution in [0.2, 0.25) is 0 Å². The molecule has 0 unspecified atom stereocenters. The third-order valence-electron chi connectivity index (χ3n) is 1.39. The van der Waals surface area contributed by atoms with Gasteiger partial charge in [0.1, 0.15) is 0 Å². The molecule has 4 heteroatoms. The lowest BCUT2D eigenvalue weighted by Crippen LogP contribution is -2.28. The monoisotopic (exact) mass is 156 g/mol. The molecular weight excluding hydrogens is 148 g/mol. The van der Waals surface area contributed by atoms with E-state index in [0.717, 1.165) is 6.08 Å². The standard InChI is InChI=1S/C7H8O4/c8-6(9)5-2-1-3-7(10,11)4-5/h1-3,10-11H,4H2,(H,8,9). The van der Waals surface area contributed by atoms with E-state index < -0.39 is 11.8 Å². The molecule has 0 heterocycles. The van der Waals surface area contributed by atoms with E-state index in [2.05, 4.69) is 0 Å². The van der Waals surface area contributed by atoms with E-state index in [9.17, 15) is 4.79 Å². The summed E-state index contributed by atoms with van der Waals surface area (Å²) < 4.78 is 0. The predicted molar refractivity (Wildman–Crippen MR) is 36.6 cm³/mol. The number of hydrogen-bond donors (Lipinski definition) is 3. The van der Waals surface area contributed by atoms with Crippen molar-refractivity contribution >= 4 is 5.97 Å². The van der Waals surface area contributed by atoms with Gasteiger partial charge in [0, 0.05) is 12.0 Å². The minimum atomic E-state index is -2.00. The van der Waals surface area contributed by atoms with E-state index in [-0.39, 0.29) is 12.0 Å². The van der Waals surface area contributed by atoms with Crippen molar-refractivity contribution in [2.75, 3.05) is 0 Å². The molecule has 1 aliphatic rings. The largest absolute Gasteiger partial charge is 0.478 e. The van der Waals surface area contributed by atoms with E-state index in [1.165, 1.54) is 12.2 Å². The van der Waals surface area contributed by atoms with E-state index >= 15 is 0 Å². The summed E-state index contributed by atoms with van der Waals surface area (Å²) in [7, 11) is 0. The van der Waals surface area contributed by atoms with E-state index in [1.807, 2.05) is 0 Å². The smallest absolute Gasteiger partial charge is 0.331 e. The minimum absolute atomic E-state index is 0.00231. The molecule has 11 heavy (non-hydrogen) atoms. The molecule has 0 fully saturated rings. The first kappa shape index (κ1) is 7.97. The summed E-state index contributed by atoms with van der Waals surface area (Å²) in [4.78, 5) is 10.3. The van der Waals surface area contributed by atoms with Crippen LogP contribution in [0, 0.1) is 0 Å². The van der Waals surface area contributed by atoms with Crippen LogP contribution >= 0.6 is 0 Å². The van der Waals surface area contributed by atoms with Gasteiger partial charge in [-0.15, -0.1) is 0 Å². The quantitative estimate of drug-likeness (QED) is 0.453. The van der Waals surface area contributed by atoms with Crippen molar-refractivity contribution in [3.63, 3.8) is 0 Å². The fraction of sp³-hybridized carbons (Fsp3) is 0.286. The molecule has 0 aromatic rings. The molecule has 0 aromatic carbocycles. The summed E-state index contributed by atoms with van der Waals surface area (Å²) in [6.07, 6.45) is 3.53. The Morgan fingerprint density at radius 3 is 2.55 bits per heavy atom. The molecule has 0 saturated carbocycles. The normalized spacial score (nSPS) is 21.1. The highest BCUT2D eigenvalue weighted by Gasteiger charge is 2.26. The van der Waals surface area contributed by atoms with Crippen LogP contribution in [0.25, 0.3) is 0 Å². The first-order valence-electron chi connectivity index (χ1n) is 3.08. The molecule has 0 bridgehead atoms. The van der Waals surface area contributed by atoms with Gasteiger partial charge in [-0.2, -0.15) is 0 Å². The molecule has 1 rings (SSSR count). The predicted octanol–water partition coefficient (Wildman–Crippen LogP) is -0.362. The third-order valence-corrected chi connectivity index (χ3v) is 1.39. The van der Waals surface area contributed by atoms with Gasteiger partial charge in [-0.3, -0.25) is 0 Å². The van der Waals surface area contributed by atoms with Crippen molar-refractivity contribution in [2.45, 2.75) is 12.2 Å². The summed E-state index contributed by atoms with van der Waals surface area (Å²) in [5.41, 5.74) is -0.00231. The van der Waals surface area contributed by atoms with Gasteiger partial charge in [0.05, 0.1) is 0 Å². The molecule has 0 spiro atoms. The highest BCUT2D eigenvalue weighted by molar-refractivity contribution is 5.87. The molecular formula is C7H8O4. The summed E-state index contributed by atoms with van der Waals surface area (Å²) in [5, 5.41) is 26.4. The molecule has 0 radical (unpaired) electrons. The van der Waals surface area contributed by atoms with Crippen LogP contribution in [0.4, 0.5) is 0 Å². The third kappa shape index (κ3) is 1.89. The maximum absolute atomic E-state index is 10.3. The molecule has 1 aliphatic carbocycles. The molecule has 0 aliphatic heterocycles. The van der Waals surface area contributed by atoms with Crippen LogP contribution in [0.5, 0.6) is 0 Å². The molecule has 0 amide bonds. The number of allylic oxidation sites excluding steroid dienone is 2. The number of carbonyl (C=O) groups is 1. The zero-order valence-corrected chi connectivity index (χ0v) is 5.69. The first-order chi connectivity index (χ1) is 5.01. The molecule has 3 N–H and O–H groups in total. The Bertz CT molecular complexity index is 237. The summed E-state index contributed by atoms with van der Waals surface area (Å²) in [6.45, 7) is 0. The van der Waals surface area contributed by atoms with Gasteiger partial charge in [-0.25, -0.2) is 4.79 Å². The fourth-order valence-electron chi connectivity index (χ4n) is 0.863. The number of aliphatic carboxylic acids is 1. The topological polar surface area (TPSA) is 77.8 Å². The average molecular weight is 156 g/mol. The van der Waals surface area contributed by atoms with Crippen molar-refractivity contribution < 1.29 is 20.1 Å². The number of rotatable bonds is 1.